The van der Waals surface area contributed by atoms with Crippen molar-refractivity contribution < 1.29 is 14.1 Å². The van der Waals surface area contributed by atoms with Crippen LogP contribution in [0.25, 0.3) is 11.4 Å². The molecule has 1 aromatic heterocycles. The summed E-state index contributed by atoms with van der Waals surface area (Å²) in [5.41, 5.74) is 0.786. The average Bonchev–Trinajstić information content (AvgIpc) is 2.99. The molecule has 7 heteroatoms. The molecule has 1 aromatic carbocycles. The highest BCUT2D eigenvalue weighted by Crippen LogP contribution is 2.18. The number of hydrogen-bond donors (Lipinski definition) is 1. The van der Waals surface area contributed by atoms with E-state index in [4.69, 9.17) is 20.9 Å². The van der Waals surface area contributed by atoms with E-state index in [2.05, 4.69) is 22.0 Å². The molecular weight excluding hydrogens is 306 g/mol. The van der Waals surface area contributed by atoms with Crippen molar-refractivity contribution in [3.8, 4) is 11.4 Å². The van der Waals surface area contributed by atoms with Gasteiger partial charge in [-0.2, -0.15) is 4.98 Å². The van der Waals surface area contributed by atoms with Crippen LogP contribution in [-0.4, -0.2) is 28.8 Å². The number of benzene rings is 1. The number of amides is 1. The third-order valence-corrected chi connectivity index (χ3v) is 3.07. The first-order chi connectivity index (χ1) is 10.6. The molecule has 0 bridgehead atoms. The van der Waals surface area contributed by atoms with Crippen LogP contribution in [0, 0.1) is 0 Å². The van der Waals surface area contributed by atoms with Crippen molar-refractivity contribution in [3.05, 3.63) is 47.8 Å². The first-order valence-electron chi connectivity index (χ1n) is 6.69. The van der Waals surface area contributed by atoms with Gasteiger partial charge in [0.05, 0.1) is 13.2 Å². The Labute approximate surface area is 133 Å². The van der Waals surface area contributed by atoms with Crippen LogP contribution in [0.3, 0.4) is 0 Å². The summed E-state index contributed by atoms with van der Waals surface area (Å²) in [6.45, 7) is 5.64. The van der Waals surface area contributed by atoms with Crippen LogP contribution >= 0.6 is 11.6 Å². The number of carbonyl (C=O) groups excluding carboxylic acids is 1. The van der Waals surface area contributed by atoms with Gasteiger partial charge in [-0.05, 0) is 31.2 Å². The Hall–Kier alpha value is -2.18. The molecule has 0 aliphatic carbocycles. The van der Waals surface area contributed by atoms with Gasteiger partial charge in [-0.3, -0.25) is 4.79 Å². The van der Waals surface area contributed by atoms with Crippen molar-refractivity contribution in [2.45, 2.75) is 19.6 Å². The molecule has 1 N–H and O–H groups in total. The van der Waals surface area contributed by atoms with Crippen molar-refractivity contribution in [1.29, 1.82) is 0 Å². The number of rotatable bonds is 7. The maximum atomic E-state index is 11.8. The molecule has 116 valence electrons. The van der Waals surface area contributed by atoms with Crippen LogP contribution in [0.2, 0.25) is 5.02 Å². The summed E-state index contributed by atoms with van der Waals surface area (Å²) < 4.78 is 10.3. The number of ether oxygens (including phenoxy) is 1. The van der Waals surface area contributed by atoms with Crippen molar-refractivity contribution in [3.63, 3.8) is 0 Å². The number of hydrogen-bond acceptors (Lipinski definition) is 5. The van der Waals surface area contributed by atoms with Crippen LogP contribution in [0.15, 0.2) is 41.4 Å². The molecule has 1 atom stereocenters. The molecule has 0 saturated heterocycles. The molecule has 2 aromatic rings. The predicted octanol–water partition coefficient (Wildman–Crippen LogP) is 2.60. The molecule has 1 amide bonds. The van der Waals surface area contributed by atoms with Gasteiger partial charge in [0.15, 0.2) is 0 Å². The van der Waals surface area contributed by atoms with Gasteiger partial charge in [-0.1, -0.05) is 22.8 Å². The summed E-state index contributed by atoms with van der Waals surface area (Å²) in [5.74, 6) is 0.499. The van der Waals surface area contributed by atoms with E-state index in [0.29, 0.717) is 23.3 Å². The highest BCUT2D eigenvalue weighted by molar-refractivity contribution is 6.30. The van der Waals surface area contributed by atoms with Crippen LogP contribution in [-0.2, 0) is 16.1 Å². The molecule has 1 heterocycles. The highest BCUT2D eigenvalue weighted by Gasteiger charge is 2.14. The van der Waals surface area contributed by atoms with Crippen molar-refractivity contribution >= 4 is 17.5 Å². The summed E-state index contributed by atoms with van der Waals surface area (Å²) >= 11 is 5.82. The summed E-state index contributed by atoms with van der Waals surface area (Å²) in [5, 5.41) is 7.16. The minimum Gasteiger partial charge on any atom is -0.365 e. The minimum atomic E-state index is -0.573. The summed E-state index contributed by atoms with van der Waals surface area (Å²) in [6, 6.07) is 7.07. The van der Waals surface area contributed by atoms with E-state index >= 15 is 0 Å². The first kappa shape index (κ1) is 16.2. The SMILES string of the molecule is C=CCO[C@@H](C)C(=O)NCc1nc(-c2ccc(Cl)cc2)no1. The molecule has 22 heavy (non-hydrogen) atoms. The van der Waals surface area contributed by atoms with Crippen molar-refractivity contribution in [1.82, 2.24) is 15.5 Å². The zero-order chi connectivity index (χ0) is 15.9. The van der Waals surface area contributed by atoms with Gasteiger partial charge >= 0.3 is 0 Å². The van der Waals surface area contributed by atoms with E-state index in [0.717, 1.165) is 5.56 Å². The number of carbonyl (C=O) groups is 1. The molecule has 0 radical (unpaired) electrons. The van der Waals surface area contributed by atoms with Gasteiger partial charge in [0, 0.05) is 10.6 Å². The van der Waals surface area contributed by atoms with Crippen molar-refractivity contribution in [2.24, 2.45) is 0 Å². The molecule has 0 aliphatic heterocycles. The molecule has 0 spiro atoms. The standard InChI is InChI=1S/C15H16ClN3O3/c1-3-8-21-10(2)15(20)17-9-13-18-14(19-22-13)11-4-6-12(16)7-5-11/h3-7,10H,1,8-9H2,2H3,(H,17,20)/t10-/m0/s1. The molecule has 0 fully saturated rings. The summed E-state index contributed by atoms with van der Waals surface area (Å²) in [6.07, 6.45) is 1.01. The van der Waals surface area contributed by atoms with Crippen LogP contribution in [0.4, 0.5) is 0 Å². The maximum absolute atomic E-state index is 11.8. The fourth-order valence-corrected chi connectivity index (χ4v) is 1.76. The Bertz CT molecular complexity index is 640. The highest BCUT2D eigenvalue weighted by atomic mass is 35.5. The summed E-state index contributed by atoms with van der Waals surface area (Å²) in [4.78, 5) is 16.0. The first-order valence-corrected chi connectivity index (χ1v) is 7.06. The maximum Gasteiger partial charge on any atom is 0.249 e. The lowest BCUT2D eigenvalue weighted by Gasteiger charge is -2.10. The van der Waals surface area contributed by atoms with Gasteiger partial charge in [0.25, 0.3) is 0 Å². The molecule has 2 rings (SSSR count). The Balaban J connectivity index is 1.91. The number of aromatic nitrogens is 2. The average molecular weight is 322 g/mol. The minimum absolute atomic E-state index is 0.140. The Morgan fingerprint density at radius 3 is 2.91 bits per heavy atom. The van der Waals surface area contributed by atoms with E-state index in [1.54, 1.807) is 37.3 Å². The monoisotopic (exact) mass is 321 g/mol. The van der Waals surface area contributed by atoms with Gasteiger partial charge in [-0.25, -0.2) is 0 Å². The quantitative estimate of drug-likeness (QED) is 0.793. The second-order valence-corrected chi connectivity index (χ2v) is 4.94. The molecule has 0 aliphatic rings. The molecule has 0 saturated carbocycles. The second-order valence-electron chi connectivity index (χ2n) is 4.50. The van der Waals surface area contributed by atoms with Gasteiger partial charge < -0.3 is 14.6 Å². The van der Waals surface area contributed by atoms with E-state index in [-0.39, 0.29) is 12.5 Å². The largest absolute Gasteiger partial charge is 0.365 e. The van der Waals surface area contributed by atoms with Gasteiger partial charge in [-0.15, -0.1) is 6.58 Å². The zero-order valence-electron chi connectivity index (χ0n) is 12.1. The van der Waals surface area contributed by atoms with E-state index in [1.807, 2.05) is 0 Å². The van der Waals surface area contributed by atoms with Gasteiger partial charge in [0.1, 0.15) is 6.10 Å². The van der Waals surface area contributed by atoms with E-state index < -0.39 is 6.10 Å². The van der Waals surface area contributed by atoms with Crippen LogP contribution in [0.5, 0.6) is 0 Å². The predicted molar refractivity (Wildman–Crippen MR) is 82.2 cm³/mol. The van der Waals surface area contributed by atoms with Crippen LogP contribution < -0.4 is 5.32 Å². The van der Waals surface area contributed by atoms with Crippen molar-refractivity contribution in [2.75, 3.05) is 6.61 Å². The fraction of sp³-hybridized carbons (Fsp3) is 0.267. The lowest BCUT2D eigenvalue weighted by Crippen LogP contribution is -2.34. The van der Waals surface area contributed by atoms with E-state index in [1.165, 1.54) is 0 Å². The zero-order valence-corrected chi connectivity index (χ0v) is 12.8. The third kappa shape index (κ3) is 4.41. The Morgan fingerprint density at radius 1 is 1.50 bits per heavy atom. The number of nitrogens with one attached hydrogen (secondary N) is 1. The Kier molecular flexibility index (Phi) is 5.68. The fourth-order valence-electron chi connectivity index (χ4n) is 1.64. The smallest absolute Gasteiger partial charge is 0.249 e. The normalized spacial score (nSPS) is 11.9. The summed E-state index contributed by atoms with van der Waals surface area (Å²) in [7, 11) is 0. The van der Waals surface area contributed by atoms with E-state index in [9.17, 15) is 4.79 Å². The molecular formula is C15H16ClN3O3. The lowest BCUT2D eigenvalue weighted by atomic mass is 10.2. The van der Waals surface area contributed by atoms with Gasteiger partial charge in [0.2, 0.25) is 17.6 Å². The molecule has 6 nitrogen and oxygen atoms in total. The Morgan fingerprint density at radius 2 is 2.23 bits per heavy atom. The topological polar surface area (TPSA) is 77.2 Å². The second kappa shape index (κ2) is 7.72. The third-order valence-electron chi connectivity index (χ3n) is 2.82. The molecule has 0 unspecified atom stereocenters. The number of nitrogens with zero attached hydrogens (tertiary/aromatic N) is 2. The number of halogens is 1. The lowest BCUT2D eigenvalue weighted by molar-refractivity contribution is -0.131. The van der Waals surface area contributed by atoms with Crippen LogP contribution in [0.1, 0.15) is 12.8 Å².